The van der Waals surface area contributed by atoms with Crippen LogP contribution in [0.5, 0.6) is 0 Å². The number of carbonyl (C=O) groups excluding carboxylic acids is 1. The van der Waals surface area contributed by atoms with Gasteiger partial charge >= 0.3 is 0 Å². The van der Waals surface area contributed by atoms with E-state index in [2.05, 4.69) is 10.4 Å². The van der Waals surface area contributed by atoms with Crippen LogP contribution in [0.1, 0.15) is 45.1 Å². The number of rotatable bonds is 3. The molecular formula is C12H20N4O. The Bertz CT molecular complexity index is 380. The molecule has 1 saturated carbocycles. The lowest BCUT2D eigenvalue weighted by Crippen LogP contribution is -2.33. The summed E-state index contributed by atoms with van der Waals surface area (Å²) in [5.74, 6) is 0.599. The first-order chi connectivity index (χ1) is 8.18. The zero-order valence-electron chi connectivity index (χ0n) is 10.2. The standard InChI is InChI=1S/C12H20N4O/c1-9(13)12(17)15-11-7-8-14-16(11)10-5-3-2-4-6-10/h7-10H,2-6,13H2,1H3,(H,15,17)/t9-/m0/s1. The largest absolute Gasteiger partial charge is 0.320 e. The van der Waals surface area contributed by atoms with Crippen LogP contribution in [0.4, 0.5) is 5.82 Å². The number of amides is 1. The van der Waals surface area contributed by atoms with Crippen LogP contribution in [0.15, 0.2) is 12.3 Å². The summed E-state index contributed by atoms with van der Waals surface area (Å²) in [6.45, 7) is 1.68. The minimum Gasteiger partial charge on any atom is -0.320 e. The molecule has 0 saturated heterocycles. The second-order valence-electron chi connectivity index (χ2n) is 4.73. The number of anilines is 1. The molecule has 0 aliphatic heterocycles. The molecular weight excluding hydrogens is 216 g/mol. The van der Waals surface area contributed by atoms with Gasteiger partial charge in [0, 0.05) is 6.07 Å². The van der Waals surface area contributed by atoms with Gasteiger partial charge in [-0.2, -0.15) is 5.10 Å². The predicted molar refractivity (Wildman–Crippen MR) is 66.6 cm³/mol. The van der Waals surface area contributed by atoms with Crippen molar-refractivity contribution in [2.75, 3.05) is 5.32 Å². The van der Waals surface area contributed by atoms with Crippen molar-refractivity contribution in [1.29, 1.82) is 0 Å². The van der Waals surface area contributed by atoms with E-state index in [1.807, 2.05) is 10.7 Å². The number of nitrogens with zero attached hydrogens (tertiary/aromatic N) is 2. The zero-order chi connectivity index (χ0) is 12.3. The van der Waals surface area contributed by atoms with E-state index in [1.165, 1.54) is 19.3 Å². The predicted octanol–water partition coefficient (Wildman–Crippen LogP) is 1.67. The molecule has 1 fully saturated rings. The molecule has 0 spiro atoms. The molecule has 1 amide bonds. The maximum Gasteiger partial charge on any atom is 0.242 e. The van der Waals surface area contributed by atoms with E-state index < -0.39 is 6.04 Å². The van der Waals surface area contributed by atoms with Crippen LogP contribution in [-0.4, -0.2) is 21.7 Å². The van der Waals surface area contributed by atoms with Crippen LogP contribution in [-0.2, 0) is 4.79 Å². The normalized spacial score (nSPS) is 18.9. The molecule has 94 valence electrons. The topological polar surface area (TPSA) is 72.9 Å². The summed E-state index contributed by atoms with van der Waals surface area (Å²) in [7, 11) is 0. The van der Waals surface area contributed by atoms with Crippen LogP contribution in [0.3, 0.4) is 0 Å². The average Bonchev–Trinajstić information content (AvgIpc) is 2.78. The maximum absolute atomic E-state index is 11.6. The molecule has 0 aromatic carbocycles. The summed E-state index contributed by atoms with van der Waals surface area (Å²) in [5, 5.41) is 7.14. The van der Waals surface area contributed by atoms with Crippen LogP contribution in [0, 0.1) is 0 Å². The second kappa shape index (κ2) is 5.31. The molecule has 1 aromatic heterocycles. The number of hydrogen-bond acceptors (Lipinski definition) is 3. The number of nitrogens with one attached hydrogen (secondary N) is 1. The number of carbonyl (C=O) groups is 1. The molecule has 1 heterocycles. The van der Waals surface area contributed by atoms with E-state index in [9.17, 15) is 4.79 Å². The van der Waals surface area contributed by atoms with E-state index in [4.69, 9.17) is 5.73 Å². The van der Waals surface area contributed by atoms with Crippen molar-refractivity contribution in [3.8, 4) is 0 Å². The van der Waals surface area contributed by atoms with Gasteiger partial charge in [0.1, 0.15) is 5.82 Å². The van der Waals surface area contributed by atoms with E-state index in [-0.39, 0.29) is 5.91 Å². The molecule has 2 rings (SSSR count). The summed E-state index contributed by atoms with van der Waals surface area (Å²) in [6.07, 6.45) is 7.80. The highest BCUT2D eigenvalue weighted by atomic mass is 16.2. The molecule has 0 radical (unpaired) electrons. The fraction of sp³-hybridized carbons (Fsp3) is 0.667. The van der Waals surface area contributed by atoms with Crippen molar-refractivity contribution in [2.24, 2.45) is 5.73 Å². The third-order valence-electron chi connectivity index (χ3n) is 3.26. The van der Waals surface area contributed by atoms with Crippen LogP contribution in [0.25, 0.3) is 0 Å². The van der Waals surface area contributed by atoms with Gasteiger partial charge in [-0.1, -0.05) is 19.3 Å². The van der Waals surface area contributed by atoms with Crippen molar-refractivity contribution in [1.82, 2.24) is 9.78 Å². The Morgan fingerprint density at radius 1 is 1.53 bits per heavy atom. The van der Waals surface area contributed by atoms with Crippen LogP contribution >= 0.6 is 0 Å². The van der Waals surface area contributed by atoms with Crippen LogP contribution in [0.2, 0.25) is 0 Å². The van der Waals surface area contributed by atoms with Crippen molar-refractivity contribution >= 4 is 11.7 Å². The van der Waals surface area contributed by atoms with E-state index in [1.54, 1.807) is 13.1 Å². The Balaban J connectivity index is 2.08. The minimum atomic E-state index is -0.496. The summed E-state index contributed by atoms with van der Waals surface area (Å²) in [4.78, 5) is 11.6. The van der Waals surface area contributed by atoms with Gasteiger partial charge in [0.05, 0.1) is 18.3 Å². The lowest BCUT2D eigenvalue weighted by molar-refractivity contribution is -0.117. The highest BCUT2D eigenvalue weighted by Gasteiger charge is 2.19. The molecule has 1 aromatic rings. The number of nitrogens with two attached hydrogens (primary N) is 1. The first kappa shape index (κ1) is 12.1. The molecule has 1 aliphatic rings. The summed E-state index contributed by atoms with van der Waals surface area (Å²) in [5.41, 5.74) is 5.54. The third kappa shape index (κ3) is 2.85. The molecule has 0 unspecified atom stereocenters. The quantitative estimate of drug-likeness (QED) is 0.838. The van der Waals surface area contributed by atoms with E-state index in [0.717, 1.165) is 18.7 Å². The van der Waals surface area contributed by atoms with Gasteiger partial charge in [-0.15, -0.1) is 0 Å². The molecule has 5 heteroatoms. The SMILES string of the molecule is C[C@H](N)C(=O)Nc1ccnn1C1CCCCC1. The maximum atomic E-state index is 11.6. The zero-order valence-corrected chi connectivity index (χ0v) is 10.2. The Kier molecular flexibility index (Phi) is 3.78. The van der Waals surface area contributed by atoms with Crippen molar-refractivity contribution in [3.05, 3.63) is 12.3 Å². The van der Waals surface area contributed by atoms with Crippen molar-refractivity contribution in [2.45, 2.75) is 51.1 Å². The third-order valence-corrected chi connectivity index (χ3v) is 3.26. The molecule has 1 atom stereocenters. The van der Waals surface area contributed by atoms with Gasteiger partial charge in [-0.3, -0.25) is 4.79 Å². The van der Waals surface area contributed by atoms with Gasteiger partial charge in [-0.25, -0.2) is 4.68 Å². The Labute approximate surface area is 101 Å². The smallest absolute Gasteiger partial charge is 0.242 e. The first-order valence-electron chi connectivity index (χ1n) is 6.28. The van der Waals surface area contributed by atoms with Gasteiger partial charge in [0.2, 0.25) is 5.91 Å². The van der Waals surface area contributed by atoms with E-state index in [0.29, 0.717) is 6.04 Å². The highest BCUT2D eigenvalue weighted by molar-refractivity contribution is 5.93. The van der Waals surface area contributed by atoms with Gasteiger partial charge in [0.25, 0.3) is 0 Å². The average molecular weight is 236 g/mol. The van der Waals surface area contributed by atoms with Crippen molar-refractivity contribution < 1.29 is 4.79 Å². The lowest BCUT2D eigenvalue weighted by atomic mass is 9.96. The highest BCUT2D eigenvalue weighted by Crippen LogP contribution is 2.29. The Hall–Kier alpha value is -1.36. The fourth-order valence-corrected chi connectivity index (χ4v) is 2.27. The van der Waals surface area contributed by atoms with Gasteiger partial charge in [-0.05, 0) is 19.8 Å². The molecule has 0 bridgehead atoms. The summed E-state index contributed by atoms with van der Waals surface area (Å²) in [6, 6.07) is 1.75. The van der Waals surface area contributed by atoms with E-state index >= 15 is 0 Å². The second-order valence-corrected chi connectivity index (χ2v) is 4.73. The Morgan fingerprint density at radius 2 is 2.24 bits per heavy atom. The minimum absolute atomic E-state index is 0.164. The lowest BCUT2D eigenvalue weighted by Gasteiger charge is -2.24. The number of hydrogen-bond donors (Lipinski definition) is 2. The Morgan fingerprint density at radius 3 is 2.88 bits per heavy atom. The van der Waals surface area contributed by atoms with Gasteiger partial charge in [0.15, 0.2) is 0 Å². The first-order valence-corrected chi connectivity index (χ1v) is 6.28. The molecule has 3 N–H and O–H groups in total. The molecule has 17 heavy (non-hydrogen) atoms. The monoisotopic (exact) mass is 236 g/mol. The van der Waals surface area contributed by atoms with Crippen LogP contribution < -0.4 is 11.1 Å². The van der Waals surface area contributed by atoms with Gasteiger partial charge < -0.3 is 11.1 Å². The van der Waals surface area contributed by atoms with Crippen molar-refractivity contribution in [3.63, 3.8) is 0 Å². The summed E-state index contributed by atoms with van der Waals surface area (Å²) < 4.78 is 1.93. The number of aromatic nitrogens is 2. The fourth-order valence-electron chi connectivity index (χ4n) is 2.27. The summed E-state index contributed by atoms with van der Waals surface area (Å²) >= 11 is 0. The molecule has 1 aliphatic carbocycles. The molecule has 5 nitrogen and oxygen atoms in total.